The molecule has 4 saturated heterocycles. The van der Waals surface area contributed by atoms with Crippen molar-refractivity contribution < 1.29 is 14.2 Å². The number of halogens is 1. The molecule has 9 heteroatoms. The van der Waals surface area contributed by atoms with E-state index in [2.05, 4.69) is 26.3 Å². The van der Waals surface area contributed by atoms with Crippen LogP contribution < -0.4 is 26.7 Å². The fourth-order valence-electron chi connectivity index (χ4n) is 5.00. The van der Waals surface area contributed by atoms with E-state index in [0.29, 0.717) is 11.1 Å². The lowest BCUT2D eigenvalue weighted by molar-refractivity contribution is -0.891. The van der Waals surface area contributed by atoms with Crippen LogP contribution in [0.4, 0.5) is 4.39 Å². The second-order valence-electron chi connectivity index (χ2n) is 8.10. The van der Waals surface area contributed by atoms with Crippen LogP contribution in [-0.2, 0) is 4.79 Å². The van der Waals surface area contributed by atoms with Gasteiger partial charge in [0.05, 0.1) is 6.04 Å². The van der Waals surface area contributed by atoms with Crippen LogP contribution in [0.15, 0.2) is 0 Å². The lowest BCUT2D eigenvalue weighted by Gasteiger charge is -2.43. The van der Waals surface area contributed by atoms with Gasteiger partial charge in [-0.15, -0.1) is 0 Å². The van der Waals surface area contributed by atoms with Crippen LogP contribution in [0.25, 0.3) is 5.43 Å². The summed E-state index contributed by atoms with van der Waals surface area (Å²) in [6.07, 6.45) is 3.09. The third-order valence-electron chi connectivity index (χ3n) is 6.33. The molecule has 6 N–H and O–H groups in total. The van der Waals surface area contributed by atoms with Gasteiger partial charge in [0.25, 0.3) is 0 Å². The van der Waals surface area contributed by atoms with Crippen LogP contribution in [0.2, 0.25) is 0 Å². The molecule has 4 rings (SSSR count). The molecule has 26 heavy (non-hydrogen) atoms. The molecule has 1 amide bonds. The zero-order valence-corrected chi connectivity index (χ0v) is 15.3. The van der Waals surface area contributed by atoms with Crippen molar-refractivity contribution in [3.63, 3.8) is 0 Å². The van der Waals surface area contributed by atoms with E-state index in [9.17, 15) is 9.18 Å². The van der Waals surface area contributed by atoms with Gasteiger partial charge in [-0.05, 0) is 45.1 Å². The van der Waals surface area contributed by atoms with E-state index in [0.717, 1.165) is 32.6 Å². The van der Waals surface area contributed by atoms with E-state index >= 15 is 0 Å². The number of hydrogen-bond acceptors (Lipinski definition) is 5. The van der Waals surface area contributed by atoms with E-state index in [-0.39, 0.29) is 31.2 Å². The van der Waals surface area contributed by atoms with E-state index in [4.69, 9.17) is 5.73 Å². The van der Waals surface area contributed by atoms with Crippen molar-refractivity contribution in [2.24, 2.45) is 11.7 Å². The lowest BCUT2D eigenvalue weighted by Crippen LogP contribution is -3.15. The molecule has 148 valence electrons. The monoisotopic (exact) mass is 369 g/mol. The number of amides is 1. The van der Waals surface area contributed by atoms with Crippen LogP contribution in [-0.4, -0.2) is 80.7 Å². The molecule has 0 spiro atoms. The number of hydrogen-bond donors (Lipinski definition) is 5. The molecule has 0 aromatic carbocycles. The minimum atomic E-state index is -0.940. The van der Waals surface area contributed by atoms with Crippen LogP contribution in [0.3, 0.4) is 0 Å². The van der Waals surface area contributed by atoms with Crippen LogP contribution in [0, 0.1) is 5.92 Å². The number of nitrogens with one attached hydrogen (secondary N) is 4. The maximum absolute atomic E-state index is 13.6. The Hall–Kier alpha value is -0.840. The molecule has 0 aromatic rings. The van der Waals surface area contributed by atoms with Gasteiger partial charge in [-0.3, -0.25) is 15.0 Å². The number of nitrogens with zero attached hydrogens (tertiary/aromatic N) is 2. The van der Waals surface area contributed by atoms with Crippen LogP contribution >= 0.6 is 0 Å². The van der Waals surface area contributed by atoms with E-state index in [1.807, 2.05) is 0 Å². The third-order valence-corrected chi connectivity index (χ3v) is 6.33. The van der Waals surface area contributed by atoms with E-state index in [1.54, 1.807) is 0 Å². The van der Waals surface area contributed by atoms with Crippen LogP contribution in [0.5, 0.6) is 0 Å². The molecule has 0 radical (unpaired) electrons. The normalized spacial score (nSPS) is 44.5. The highest BCUT2D eigenvalue weighted by molar-refractivity contribution is 5.81. The summed E-state index contributed by atoms with van der Waals surface area (Å²) in [6, 6.07) is 0.469. The highest BCUT2D eigenvalue weighted by atomic mass is 19.1. The van der Waals surface area contributed by atoms with Crippen molar-refractivity contribution in [2.45, 2.75) is 56.3 Å². The molecule has 0 aromatic heterocycles. The maximum atomic E-state index is 13.6. The second kappa shape index (κ2) is 8.04. The predicted octanol–water partition coefficient (Wildman–Crippen LogP) is -2.33. The van der Waals surface area contributed by atoms with Crippen molar-refractivity contribution in [2.75, 3.05) is 39.3 Å². The van der Waals surface area contributed by atoms with Gasteiger partial charge in [0.1, 0.15) is 18.6 Å². The molecule has 8 nitrogen and oxygen atoms in total. The summed E-state index contributed by atoms with van der Waals surface area (Å²) in [6.45, 7) is 4.57. The summed E-state index contributed by atoms with van der Waals surface area (Å²) >= 11 is 0. The first kappa shape index (κ1) is 18.5. The highest BCUT2D eigenvalue weighted by Gasteiger charge is 2.45. The van der Waals surface area contributed by atoms with Crippen LogP contribution in [0.1, 0.15) is 25.7 Å². The number of carbonyl (C=O) groups is 1. The zero-order chi connectivity index (χ0) is 18.1. The topological polar surface area (TPSA) is 101 Å². The summed E-state index contributed by atoms with van der Waals surface area (Å²) in [5, 5.41) is 10.5. The Morgan fingerprint density at radius 2 is 2.08 bits per heavy atom. The number of carbonyl (C=O) groups excluding carboxylic acids is 1. The standard InChI is InChI=1S/C17H32FN7O/c18-11-8-21-16-14(15(19)23-25(16)10-11)17(26)22-12-9-20-5-4-13(12)24-6-2-1-3-7-24/h11-16,20-21,25H,1-10,19H2,(H,22,26). The Labute approximate surface area is 154 Å². The number of quaternary nitrogens is 1. The van der Waals surface area contributed by atoms with Crippen molar-refractivity contribution >= 4 is 5.91 Å². The third kappa shape index (κ3) is 3.74. The van der Waals surface area contributed by atoms with E-state index < -0.39 is 18.3 Å². The van der Waals surface area contributed by atoms with Gasteiger partial charge >= 0.3 is 0 Å². The van der Waals surface area contributed by atoms with Gasteiger partial charge in [-0.1, -0.05) is 6.42 Å². The Morgan fingerprint density at radius 3 is 2.88 bits per heavy atom. The molecule has 7 unspecified atom stereocenters. The van der Waals surface area contributed by atoms with Gasteiger partial charge < -0.3 is 26.8 Å². The van der Waals surface area contributed by atoms with Gasteiger partial charge in [0.15, 0.2) is 6.17 Å². The first-order valence-corrected chi connectivity index (χ1v) is 10.1. The quantitative estimate of drug-likeness (QED) is 0.384. The highest BCUT2D eigenvalue weighted by Crippen LogP contribution is 2.21. The van der Waals surface area contributed by atoms with Crippen molar-refractivity contribution in [1.82, 2.24) is 20.9 Å². The van der Waals surface area contributed by atoms with Crippen molar-refractivity contribution in [3.05, 3.63) is 5.43 Å². The number of likely N-dealkylation sites (tertiary alicyclic amines) is 1. The molecule has 4 aliphatic rings. The lowest BCUT2D eigenvalue weighted by atomic mass is 9.94. The zero-order valence-electron chi connectivity index (χ0n) is 15.3. The smallest absolute Gasteiger partial charge is 0.230 e. The largest absolute Gasteiger partial charge is 0.436 e. The number of nitrogens with two attached hydrogens (primary N) is 1. The summed E-state index contributed by atoms with van der Waals surface area (Å²) in [7, 11) is 0. The Balaban J connectivity index is 1.41. The Morgan fingerprint density at radius 1 is 1.27 bits per heavy atom. The average Bonchev–Trinajstić information content (AvgIpc) is 2.97. The summed E-state index contributed by atoms with van der Waals surface area (Å²) < 4.78 is 13.6. The van der Waals surface area contributed by atoms with Crippen molar-refractivity contribution in [3.8, 4) is 0 Å². The van der Waals surface area contributed by atoms with Gasteiger partial charge in [0.2, 0.25) is 5.91 Å². The molecular weight excluding hydrogens is 337 g/mol. The Kier molecular flexibility index (Phi) is 5.72. The average molecular weight is 369 g/mol. The maximum Gasteiger partial charge on any atom is 0.230 e. The fraction of sp³-hybridized carbons (Fsp3) is 0.941. The first-order valence-electron chi connectivity index (χ1n) is 10.1. The molecule has 0 bridgehead atoms. The van der Waals surface area contributed by atoms with E-state index in [1.165, 1.54) is 19.3 Å². The summed E-state index contributed by atoms with van der Waals surface area (Å²) in [5.74, 6) is -0.497. The number of rotatable bonds is 3. The summed E-state index contributed by atoms with van der Waals surface area (Å²) in [4.78, 5) is 15.6. The van der Waals surface area contributed by atoms with Crippen molar-refractivity contribution in [1.29, 1.82) is 0 Å². The molecular formula is C17H32FN7O. The van der Waals surface area contributed by atoms with Gasteiger partial charge in [-0.2, -0.15) is 0 Å². The molecule has 4 aliphatic heterocycles. The Bertz CT molecular complexity index is 504. The fourth-order valence-corrected chi connectivity index (χ4v) is 5.00. The second-order valence-corrected chi connectivity index (χ2v) is 8.10. The number of alkyl halides is 1. The predicted molar refractivity (Wildman–Crippen MR) is 96.0 cm³/mol. The molecule has 4 fully saturated rings. The molecule has 7 atom stereocenters. The minimum absolute atomic E-state index is 0.0539. The molecule has 0 saturated carbocycles. The van der Waals surface area contributed by atoms with Gasteiger partial charge in [-0.25, -0.2) is 4.39 Å². The van der Waals surface area contributed by atoms with Gasteiger partial charge in [0, 0.05) is 19.1 Å². The SMILES string of the molecule is NC1[N-][NH+]2CC(F)CNC2C1C(=O)NC1CNCCC1N1CCCCC1. The minimum Gasteiger partial charge on any atom is -0.436 e. The molecule has 0 aliphatic carbocycles. The molecule has 4 heterocycles. The number of piperidine rings is 2. The number of fused-ring (bicyclic) bond motifs is 1. The summed E-state index contributed by atoms with van der Waals surface area (Å²) in [5.41, 5.74) is 10.5. The first-order chi connectivity index (χ1) is 12.6.